The van der Waals surface area contributed by atoms with Crippen molar-refractivity contribution in [3.05, 3.63) is 25.3 Å². The highest BCUT2D eigenvalue weighted by molar-refractivity contribution is 4.89. The predicted octanol–water partition coefficient (Wildman–Crippen LogP) is 7.75. The molecule has 154 valence electrons. The average molecular weight is 367 g/mol. The van der Waals surface area contributed by atoms with Gasteiger partial charge in [-0.2, -0.15) is 0 Å². The van der Waals surface area contributed by atoms with Crippen molar-refractivity contribution in [2.24, 2.45) is 21.7 Å². The summed E-state index contributed by atoms with van der Waals surface area (Å²) in [5, 5.41) is 0. The smallest absolute Gasteiger partial charge is 0.101 e. The van der Waals surface area contributed by atoms with Crippen LogP contribution in [0.5, 0.6) is 0 Å². The summed E-state index contributed by atoms with van der Waals surface area (Å²) < 4.78 is 0. The first kappa shape index (κ1) is 25.4. The van der Waals surface area contributed by atoms with Gasteiger partial charge in [-0.3, -0.25) is 0 Å². The first-order valence-corrected chi connectivity index (χ1v) is 10.1. The molecule has 0 fully saturated rings. The van der Waals surface area contributed by atoms with Crippen LogP contribution in [0.4, 0.5) is 0 Å². The van der Waals surface area contributed by atoms with E-state index >= 15 is 0 Å². The monoisotopic (exact) mass is 366 g/mol. The molecule has 0 saturated carbocycles. The van der Waals surface area contributed by atoms with Gasteiger partial charge in [0.2, 0.25) is 0 Å². The molecule has 26 heavy (non-hydrogen) atoms. The third-order valence-electron chi connectivity index (χ3n) is 4.76. The van der Waals surface area contributed by atoms with Crippen molar-refractivity contribution < 1.29 is 9.78 Å². The van der Waals surface area contributed by atoms with E-state index < -0.39 is 0 Å². The summed E-state index contributed by atoms with van der Waals surface area (Å²) in [4.78, 5) is 12.2. The highest BCUT2D eigenvalue weighted by Crippen LogP contribution is 2.41. The fraction of sp³-hybridized carbons (Fsp3) is 0.833. The predicted molar refractivity (Wildman–Crippen MR) is 115 cm³/mol. The van der Waals surface area contributed by atoms with Crippen LogP contribution in [0.25, 0.3) is 0 Å². The average Bonchev–Trinajstić information content (AvgIpc) is 2.36. The Labute approximate surface area is 164 Å². The molecular formula is C24H46O2. The van der Waals surface area contributed by atoms with E-state index in [1.807, 2.05) is 12.2 Å². The van der Waals surface area contributed by atoms with E-state index in [1.54, 1.807) is 0 Å². The zero-order valence-electron chi connectivity index (χ0n) is 19.4. The van der Waals surface area contributed by atoms with Gasteiger partial charge in [0.05, 0.1) is 0 Å². The largest absolute Gasteiger partial charge is 0.232 e. The van der Waals surface area contributed by atoms with Gasteiger partial charge in [0.25, 0.3) is 0 Å². The van der Waals surface area contributed by atoms with Crippen LogP contribution in [0.15, 0.2) is 25.3 Å². The van der Waals surface area contributed by atoms with Crippen LogP contribution in [0.3, 0.4) is 0 Å². The molecule has 0 aromatic carbocycles. The second-order valence-electron chi connectivity index (χ2n) is 11.7. The minimum absolute atomic E-state index is 0.000656. The maximum atomic E-state index is 6.09. The Hall–Kier alpha value is -0.600. The Kier molecular flexibility index (Phi) is 9.33. The molecule has 0 N–H and O–H groups in total. The normalized spacial score (nSPS) is 16.2. The molecule has 2 unspecified atom stereocenters. The maximum absolute atomic E-state index is 6.09. The molecule has 2 atom stereocenters. The topological polar surface area (TPSA) is 18.5 Å². The highest BCUT2D eigenvalue weighted by Gasteiger charge is 2.38. The number of rotatable bonds is 11. The summed E-state index contributed by atoms with van der Waals surface area (Å²) in [6.07, 6.45) is 7.50. The van der Waals surface area contributed by atoms with Crippen LogP contribution in [-0.4, -0.2) is 12.2 Å². The minimum Gasteiger partial charge on any atom is -0.232 e. The van der Waals surface area contributed by atoms with Crippen molar-refractivity contribution in [1.29, 1.82) is 0 Å². The van der Waals surface area contributed by atoms with Gasteiger partial charge >= 0.3 is 0 Å². The number of hydrogen-bond acceptors (Lipinski definition) is 2. The van der Waals surface area contributed by atoms with Gasteiger partial charge in [-0.15, -0.1) is 13.2 Å². The van der Waals surface area contributed by atoms with Crippen molar-refractivity contribution in [2.45, 2.75) is 107 Å². The second-order valence-corrected chi connectivity index (χ2v) is 11.7. The summed E-state index contributed by atoms with van der Waals surface area (Å²) >= 11 is 0. The summed E-state index contributed by atoms with van der Waals surface area (Å²) in [7, 11) is 0. The highest BCUT2D eigenvalue weighted by atomic mass is 17.2. The third kappa shape index (κ3) is 9.92. The van der Waals surface area contributed by atoms with Gasteiger partial charge in [-0.25, -0.2) is 9.78 Å². The Bertz CT molecular complexity index is 390. The Morgan fingerprint density at radius 1 is 0.615 bits per heavy atom. The van der Waals surface area contributed by atoms with Crippen LogP contribution < -0.4 is 0 Å². The lowest BCUT2D eigenvalue weighted by atomic mass is 9.72. The van der Waals surface area contributed by atoms with E-state index in [0.29, 0.717) is 0 Å². The first-order chi connectivity index (χ1) is 11.5. The molecule has 0 amide bonds. The molecule has 0 aromatic heterocycles. The molecule has 0 saturated heterocycles. The molecule has 2 heteroatoms. The fourth-order valence-electron chi connectivity index (χ4n) is 4.38. The summed E-state index contributed by atoms with van der Waals surface area (Å²) in [6.45, 7) is 30.5. The molecule has 0 aromatic rings. The van der Waals surface area contributed by atoms with Gasteiger partial charge in [0, 0.05) is 0 Å². The van der Waals surface area contributed by atoms with Gasteiger partial charge in [0.1, 0.15) is 12.2 Å². The van der Waals surface area contributed by atoms with Crippen LogP contribution in [0.1, 0.15) is 94.9 Å². The van der Waals surface area contributed by atoms with Gasteiger partial charge in [0.15, 0.2) is 0 Å². The van der Waals surface area contributed by atoms with Crippen molar-refractivity contribution in [2.75, 3.05) is 0 Å². The van der Waals surface area contributed by atoms with E-state index in [4.69, 9.17) is 9.78 Å². The summed E-state index contributed by atoms with van der Waals surface area (Å²) in [6, 6.07) is 0. The third-order valence-corrected chi connectivity index (χ3v) is 4.76. The SMILES string of the molecule is C=CCC(OOC(CC=C)C(C)(C)CC(C)(C)C)C(C)(C)CC(C)(C)C. The zero-order valence-corrected chi connectivity index (χ0v) is 19.4. The lowest BCUT2D eigenvalue weighted by Crippen LogP contribution is -2.40. The van der Waals surface area contributed by atoms with E-state index in [-0.39, 0.29) is 33.9 Å². The first-order valence-electron chi connectivity index (χ1n) is 10.1. The van der Waals surface area contributed by atoms with E-state index in [9.17, 15) is 0 Å². The molecule has 0 heterocycles. The number of hydrogen-bond donors (Lipinski definition) is 0. The van der Waals surface area contributed by atoms with E-state index in [1.165, 1.54) is 0 Å². The van der Waals surface area contributed by atoms with Gasteiger partial charge < -0.3 is 0 Å². The van der Waals surface area contributed by atoms with Gasteiger partial charge in [-0.05, 0) is 47.3 Å². The lowest BCUT2D eigenvalue weighted by molar-refractivity contribution is -0.381. The molecular weight excluding hydrogens is 320 g/mol. The van der Waals surface area contributed by atoms with Crippen LogP contribution in [0, 0.1) is 21.7 Å². The second kappa shape index (κ2) is 9.55. The lowest BCUT2D eigenvalue weighted by Gasteiger charge is -2.41. The van der Waals surface area contributed by atoms with Crippen molar-refractivity contribution in [1.82, 2.24) is 0 Å². The van der Waals surface area contributed by atoms with E-state index in [0.717, 1.165) is 25.7 Å². The Balaban J connectivity index is 5.26. The standard InChI is InChI=1S/C24H46O2/c1-13-15-19(23(9,10)17-21(3,4)5)25-26-20(16-14-2)24(11,12)18-22(6,7)8/h13-14,19-20H,1-2,15-18H2,3-12H3. The summed E-state index contributed by atoms with van der Waals surface area (Å²) in [5.74, 6) is 0. The van der Waals surface area contributed by atoms with E-state index in [2.05, 4.69) is 82.4 Å². The van der Waals surface area contributed by atoms with Gasteiger partial charge in [-0.1, -0.05) is 81.4 Å². The minimum atomic E-state index is -0.0167. The Morgan fingerprint density at radius 3 is 1.08 bits per heavy atom. The molecule has 0 radical (unpaired) electrons. The zero-order chi connectivity index (χ0) is 20.8. The van der Waals surface area contributed by atoms with Crippen molar-refractivity contribution >= 4 is 0 Å². The molecule has 0 aliphatic heterocycles. The molecule has 0 aliphatic rings. The quantitative estimate of drug-likeness (QED) is 0.211. The Morgan fingerprint density at radius 2 is 0.885 bits per heavy atom. The maximum Gasteiger partial charge on any atom is 0.101 e. The summed E-state index contributed by atoms with van der Waals surface area (Å²) in [5.41, 5.74) is 0.468. The van der Waals surface area contributed by atoms with Crippen LogP contribution in [-0.2, 0) is 9.78 Å². The fourth-order valence-corrected chi connectivity index (χ4v) is 4.38. The van der Waals surface area contributed by atoms with Crippen LogP contribution in [0.2, 0.25) is 0 Å². The molecule has 0 spiro atoms. The van der Waals surface area contributed by atoms with Crippen LogP contribution >= 0.6 is 0 Å². The molecule has 0 aliphatic carbocycles. The molecule has 0 rings (SSSR count). The molecule has 2 nitrogen and oxygen atoms in total. The van der Waals surface area contributed by atoms with Crippen molar-refractivity contribution in [3.63, 3.8) is 0 Å². The van der Waals surface area contributed by atoms with Crippen molar-refractivity contribution in [3.8, 4) is 0 Å². The molecule has 0 bridgehead atoms.